The molecule has 0 aliphatic carbocycles. The number of alkyl carbamates (subject to hydrolysis) is 1. The van der Waals surface area contributed by atoms with Crippen LogP contribution < -0.4 is 10.7 Å². The van der Waals surface area contributed by atoms with Gasteiger partial charge in [-0.15, -0.1) is 0 Å². The number of halogens is 1. The third-order valence-corrected chi connectivity index (χ3v) is 5.64. The average Bonchev–Trinajstić information content (AvgIpc) is 3.23. The summed E-state index contributed by atoms with van der Waals surface area (Å²) in [6.07, 6.45) is 2.94. The van der Waals surface area contributed by atoms with E-state index in [1.165, 1.54) is 12.1 Å². The molecule has 1 heterocycles. The fourth-order valence-corrected chi connectivity index (χ4v) is 3.95. The normalized spacial score (nSPS) is 11.9. The number of ether oxygens (including phenoxy) is 1. The number of benzene rings is 3. The van der Waals surface area contributed by atoms with E-state index in [-0.39, 0.29) is 24.8 Å². The van der Waals surface area contributed by atoms with Gasteiger partial charge in [0.1, 0.15) is 5.82 Å². The lowest BCUT2D eigenvalue weighted by Gasteiger charge is -2.18. The zero-order chi connectivity index (χ0) is 25.3. The van der Waals surface area contributed by atoms with Crippen molar-refractivity contribution in [1.82, 2.24) is 15.3 Å². The molecule has 8 heteroatoms. The van der Waals surface area contributed by atoms with Gasteiger partial charge in [0.2, 0.25) is 5.91 Å². The summed E-state index contributed by atoms with van der Waals surface area (Å²) in [4.78, 5) is 24.6. The van der Waals surface area contributed by atoms with E-state index >= 15 is 0 Å². The van der Waals surface area contributed by atoms with Crippen molar-refractivity contribution in [2.24, 2.45) is 5.10 Å². The summed E-state index contributed by atoms with van der Waals surface area (Å²) >= 11 is 0. The lowest BCUT2D eigenvalue weighted by Crippen LogP contribution is -2.33. The molecule has 184 valence electrons. The van der Waals surface area contributed by atoms with E-state index in [2.05, 4.69) is 20.4 Å². The van der Waals surface area contributed by atoms with Gasteiger partial charge < -0.3 is 14.6 Å². The molecule has 0 unspecified atom stereocenters. The molecule has 0 aliphatic rings. The molecule has 0 saturated heterocycles. The van der Waals surface area contributed by atoms with Crippen LogP contribution in [0.3, 0.4) is 0 Å². The number of carbonyl (C=O) groups is 2. The van der Waals surface area contributed by atoms with Crippen LogP contribution in [0.2, 0.25) is 0 Å². The molecule has 4 aromatic rings. The largest absolute Gasteiger partial charge is 0.450 e. The first-order chi connectivity index (χ1) is 17.5. The molecule has 0 radical (unpaired) electrons. The van der Waals surface area contributed by atoms with E-state index in [0.29, 0.717) is 6.54 Å². The minimum atomic E-state index is -0.586. The Balaban J connectivity index is 1.46. The SMILES string of the molecule is CCOC(=O)N[C@H](CC(=O)N/N=C\c1cn(Cc2ccc(F)cc2)c2ccccc12)c1ccccc1. The van der Waals surface area contributed by atoms with Gasteiger partial charge in [0.05, 0.1) is 25.3 Å². The van der Waals surface area contributed by atoms with Crippen molar-refractivity contribution in [2.75, 3.05) is 6.61 Å². The number of nitrogens with zero attached hydrogens (tertiary/aromatic N) is 2. The molecule has 2 amide bonds. The summed E-state index contributed by atoms with van der Waals surface area (Å²) in [5, 5.41) is 7.86. The van der Waals surface area contributed by atoms with Crippen LogP contribution in [-0.2, 0) is 16.1 Å². The Morgan fingerprint density at radius 2 is 1.75 bits per heavy atom. The van der Waals surface area contributed by atoms with Gasteiger partial charge in [0, 0.05) is 29.2 Å². The molecule has 2 N–H and O–H groups in total. The number of fused-ring (bicyclic) bond motifs is 1. The lowest BCUT2D eigenvalue weighted by atomic mass is 10.0. The van der Waals surface area contributed by atoms with E-state index in [0.717, 1.165) is 27.6 Å². The topological polar surface area (TPSA) is 84.7 Å². The fraction of sp³-hybridized carbons (Fsp3) is 0.179. The molecule has 1 aromatic heterocycles. The average molecular weight is 487 g/mol. The molecule has 0 bridgehead atoms. The van der Waals surface area contributed by atoms with Crippen molar-refractivity contribution in [2.45, 2.75) is 25.9 Å². The number of aromatic nitrogens is 1. The number of para-hydroxylation sites is 1. The third-order valence-electron chi connectivity index (χ3n) is 5.64. The fourth-order valence-electron chi connectivity index (χ4n) is 3.95. The van der Waals surface area contributed by atoms with Crippen molar-refractivity contribution in [3.63, 3.8) is 0 Å². The molecule has 3 aromatic carbocycles. The number of carbonyl (C=O) groups excluding carboxylic acids is 2. The Labute approximate surface area is 208 Å². The maximum atomic E-state index is 13.3. The van der Waals surface area contributed by atoms with Crippen LogP contribution >= 0.6 is 0 Å². The molecule has 0 saturated carbocycles. The Kier molecular flexibility index (Phi) is 8.08. The number of hydrogen-bond acceptors (Lipinski definition) is 4. The summed E-state index contributed by atoms with van der Waals surface area (Å²) in [5.74, 6) is -0.626. The monoisotopic (exact) mass is 486 g/mol. The van der Waals surface area contributed by atoms with Crippen molar-refractivity contribution in [3.8, 4) is 0 Å². The molecule has 7 nitrogen and oxygen atoms in total. The zero-order valence-electron chi connectivity index (χ0n) is 19.9. The maximum Gasteiger partial charge on any atom is 0.407 e. The highest BCUT2D eigenvalue weighted by Crippen LogP contribution is 2.21. The van der Waals surface area contributed by atoms with Crippen LogP contribution in [0.25, 0.3) is 10.9 Å². The quantitative estimate of drug-likeness (QED) is 0.253. The van der Waals surface area contributed by atoms with Crippen LogP contribution in [0.1, 0.15) is 36.1 Å². The number of rotatable bonds is 9. The summed E-state index contributed by atoms with van der Waals surface area (Å²) in [6, 6.07) is 22.9. The number of hydrazone groups is 1. The van der Waals surface area contributed by atoms with Gasteiger partial charge in [0.25, 0.3) is 0 Å². The molecule has 1 atom stereocenters. The van der Waals surface area contributed by atoms with Gasteiger partial charge in [0.15, 0.2) is 0 Å². The van der Waals surface area contributed by atoms with Crippen molar-refractivity contribution in [3.05, 3.63) is 108 Å². The van der Waals surface area contributed by atoms with Crippen molar-refractivity contribution >= 4 is 29.1 Å². The maximum absolute atomic E-state index is 13.3. The first-order valence-corrected chi connectivity index (χ1v) is 11.7. The molecule has 0 spiro atoms. The van der Waals surface area contributed by atoms with Gasteiger partial charge in [-0.2, -0.15) is 5.10 Å². The van der Waals surface area contributed by atoms with Crippen LogP contribution in [0.5, 0.6) is 0 Å². The molecular weight excluding hydrogens is 459 g/mol. The number of amides is 2. The highest BCUT2D eigenvalue weighted by Gasteiger charge is 2.19. The Morgan fingerprint density at radius 3 is 2.50 bits per heavy atom. The summed E-state index contributed by atoms with van der Waals surface area (Å²) < 4.78 is 20.3. The summed E-state index contributed by atoms with van der Waals surface area (Å²) in [6.45, 7) is 2.52. The van der Waals surface area contributed by atoms with Gasteiger partial charge in [-0.05, 0) is 36.2 Å². The minimum Gasteiger partial charge on any atom is -0.450 e. The second-order valence-electron chi connectivity index (χ2n) is 8.18. The van der Waals surface area contributed by atoms with E-state index in [1.54, 1.807) is 25.3 Å². The lowest BCUT2D eigenvalue weighted by molar-refractivity contribution is -0.121. The van der Waals surface area contributed by atoms with Crippen molar-refractivity contribution < 1.29 is 18.7 Å². The van der Waals surface area contributed by atoms with E-state index < -0.39 is 12.1 Å². The zero-order valence-corrected chi connectivity index (χ0v) is 19.9. The standard InChI is InChI=1S/C28H27FN4O3/c1-2-36-28(35)31-25(21-8-4-3-5-9-21)16-27(34)32-30-17-22-19-33(26-11-7-6-10-24(22)26)18-20-12-14-23(29)15-13-20/h3-15,17,19,25H,2,16,18H2,1H3,(H,31,35)(H,32,34)/b30-17-/t25-/m1/s1. The molecule has 36 heavy (non-hydrogen) atoms. The van der Waals surface area contributed by atoms with Crippen LogP contribution in [0.4, 0.5) is 9.18 Å². The molecule has 0 aliphatic heterocycles. The van der Waals surface area contributed by atoms with Crippen molar-refractivity contribution in [1.29, 1.82) is 0 Å². The second kappa shape index (κ2) is 11.8. The Morgan fingerprint density at radius 1 is 1.03 bits per heavy atom. The highest BCUT2D eigenvalue weighted by atomic mass is 19.1. The van der Waals surface area contributed by atoms with Gasteiger partial charge in [-0.3, -0.25) is 4.79 Å². The Bertz CT molecular complexity index is 1350. The highest BCUT2D eigenvalue weighted by molar-refractivity contribution is 5.99. The first kappa shape index (κ1) is 24.7. The number of nitrogens with one attached hydrogen (secondary N) is 2. The van der Waals surface area contributed by atoms with Gasteiger partial charge in [-0.25, -0.2) is 14.6 Å². The van der Waals surface area contributed by atoms with E-state index in [9.17, 15) is 14.0 Å². The summed E-state index contributed by atoms with van der Waals surface area (Å²) in [5.41, 5.74) is 6.14. The minimum absolute atomic E-state index is 0.00745. The molecular formula is C28H27FN4O3. The van der Waals surface area contributed by atoms with Gasteiger partial charge in [-0.1, -0.05) is 60.7 Å². The first-order valence-electron chi connectivity index (χ1n) is 11.7. The van der Waals surface area contributed by atoms with Crippen LogP contribution in [0, 0.1) is 5.82 Å². The molecule has 0 fully saturated rings. The van der Waals surface area contributed by atoms with Gasteiger partial charge >= 0.3 is 6.09 Å². The third kappa shape index (κ3) is 6.35. The van der Waals surface area contributed by atoms with Crippen LogP contribution in [0.15, 0.2) is 90.2 Å². The smallest absolute Gasteiger partial charge is 0.407 e. The van der Waals surface area contributed by atoms with E-state index in [1.807, 2.05) is 60.8 Å². The molecule has 4 rings (SSSR count). The van der Waals surface area contributed by atoms with E-state index in [4.69, 9.17) is 4.74 Å². The summed E-state index contributed by atoms with van der Waals surface area (Å²) in [7, 11) is 0. The van der Waals surface area contributed by atoms with Crippen LogP contribution in [-0.4, -0.2) is 29.4 Å². The predicted octanol–water partition coefficient (Wildman–Crippen LogP) is 5.16. The second-order valence-corrected chi connectivity index (χ2v) is 8.18. The predicted molar refractivity (Wildman–Crippen MR) is 137 cm³/mol. The Hall–Kier alpha value is -4.46. The number of hydrogen-bond donors (Lipinski definition) is 2.